The van der Waals surface area contributed by atoms with Gasteiger partial charge in [0.05, 0.1) is 18.7 Å². The van der Waals surface area contributed by atoms with Gasteiger partial charge in [0, 0.05) is 35.2 Å². The quantitative estimate of drug-likeness (QED) is 0.439. The number of primary amides is 1. The van der Waals surface area contributed by atoms with Crippen molar-refractivity contribution in [2.45, 2.75) is 18.9 Å². The first-order chi connectivity index (χ1) is 15.8. The summed E-state index contributed by atoms with van der Waals surface area (Å²) >= 11 is 5.91. The zero-order valence-electron chi connectivity index (χ0n) is 18.1. The van der Waals surface area contributed by atoms with Crippen LogP contribution in [0.1, 0.15) is 12.8 Å². The fourth-order valence-electron chi connectivity index (χ4n) is 4.01. The van der Waals surface area contributed by atoms with E-state index in [2.05, 4.69) is 5.32 Å². The molecule has 0 radical (unpaired) electrons. The van der Waals surface area contributed by atoms with Crippen LogP contribution < -0.4 is 20.5 Å². The van der Waals surface area contributed by atoms with Crippen LogP contribution in [0.4, 0.5) is 15.8 Å². The second-order valence-electron chi connectivity index (χ2n) is 7.99. The lowest BCUT2D eigenvalue weighted by Crippen LogP contribution is -2.42. The molecule has 1 aliphatic rings. The number of nitrogens with one attached hydrogen (secondary N) is 1. The molecule has 0 saturated carbocycles. The molecular formula is C24H25ClFN3O4. The lowest BCUT2D eigenvalue weighted by Gasteiger charge is -2.31. The number of hydrogen-bond donors (Lipinski definition) is 3. The minimum absolute atomic E-state index is 0.0106. The summed E-state index contributed by atoms with van der Waals surface area (Å²) in [5, 5.41) is 15.0. The Kier molecular flexibility index (Phi) is 6.76. The van der Waals surface area contributed by atoms with Crippen LogP contribution >= 0.6 is 11.6 Å². The van der Waals surface area contributed by atoms with Gasteiger partial charge >= 0.3 is 0 Å². The molecule has 7 nitrogen and oxygen atoms in total. The second-order valence-corrected chi connectivity index (χ2v) is 8.40. The Balaban J connectivity index is 1.62. The average Bonchev–Trinajstić information content (AvgIpc) is 2.79. The summed E-state index contributed by atoms with van der Waals surface area (Å²) in [5.41, 5.74) is 6.58. The van der Waals surface area contributed by atoms with Crippen molar-refractivity contribution >= 4 is 39.7 Å². The first kappa shape index (κ1) is 22.9. The maximum atomic E-state index is 13.5. The van der Waals surface area contributed by atoms with E-state index in [0.717, 1.165) is 12.8 Å². The van der Waals surface area contributed by atoms with E-state index in [9.17, 15) is 14.3 Å². The third-order valence-corrected chi connectivity index (χ3v) is 5.97. The van der Waals surface area contributed by atoms with Crippen molar-refractivity contribution in [1.29, 1.82) is 0 Å². The predicted octanol–water partition coefficient (Wildman–Crippen LogP) is 4.42. The summed E-state index contributed by atoms with van der Waals surface area (Å²) in [6.45, 7) is 1.67. The SMILES string of the molecule is COc1cc2c(O)ccc(Nc3ccc(F)c(Cl)c3)c2cc1OC1CCN(CC(N)=O)CC1. The molecule has 3 aromatic carbocycles. The maximum absolute atomic E-state index is 13.5. The van der Waals surface area contributed by atoms with Crippen molar-refractivity contribution in [2.24, 2.45) is 5.73 Å². The van der Waals surface area contributed by atoms with Gasteiger partial charge in [-0.15, -0.1) is 0 Å². The number of fused-ring (bicyclic) bond motifs is 1. The molecule has 1 fully saturated rings. The molecule has 1 amide bonds. The summed E-state index contributed by atoms with van der Waals surface area (Å²) in [6, 6.07) is 11.2. The van der Waals surface area contributed by atoms with Crippen LogP contribution in [0.15, 0.2) is 42.5 Å². The van der Waals surface area contributed by atoms with Gasteiger partial charge in [-0.25, -0.2) is 4.39 Å². The van der Waals surface area contributed by atoms with Crippen LogP contribution in [0.3, 0.4) is 0 Å². The van der Waals surface area contributed by atoms with E-state index in [1.54, 1.807) is 31.4 Å². The van der Waals surface area contributed by atoms with Gasteiger partial charge in [-0.05, 0) is 55.3 Å². The molecule has 33 heavy (non-hydrogen) atoms. The smallest absolute Gasteiger partial charge is 0.231 e. The maximum Gasteiger partial charge on any atom is 0.231 e. The summed E-state index contributed by atoms with van der Waals surface area (Å²) in [7, 11) is 1.54. The Morgan fingerprint density at radius 1 is 1.18 bits per heavy atom. The van der Waals surface area contributed by atoms with Crippen molar-refractivity contribution in [3.63, 3.8) is 0 Å². The highest BCUT2D eigenvalue weighted by Gasteiger charge is 2.23. The summed E-state index contributed by atoms with van der Waals surface area (Å²) in [4.78, 5) is 13.2. The second kappa shape index (κ2) is 9.72. The summed E-state index contributed by atoms with van der Waals surface area (Å²) in [5.74, 6) is 0.300. The highest BCUT2D eigenvalue weighted by molar-refractivity contribution is 6.31. The molecule has 1 aliphatic heterocycles. The highest BCUT2D eigenvalue weighted by atomic mass is 35.5. The molecule has 0 aromatic heterocycles. The molecule has 1 heterocycles. The van der Waals surface area contributed by atoms with Gasteiger partial charge < -0.3 is 25.6 Å². The van der Waals surface area contributed by atoms with Crippen LogP contribution in [-0.4, -0.2) is 48.8 Å². The molecule has 0 spiro atoms. The molecule has 4 N–H and O–H groups in total. The fourth-order valence-corrected chi connectivity index (χ4v) is 4.19. The van der Waals surface area contributed by atoms with Crippen LogP contribution in [0.5, 0.6) is 17.2 Å². The zero-order chi connectivity index (χ0) is 23.5. The number of hydrogen-bond acceptors (Lipinski definition) is 6. The molecule has 174 valence electrons. The van der Waals surface area contributed by atoms with Gasteiger partial charge in [0.15, 0.2) is 11.5 Å². The number of methoxy groups -OCH3 is 1. The van der Waals surface area contributed by atoms with E-state index in [0.29, 0.717) is 46.7 Å². The number of carbonyl (C=O) groups is 1. The molecule has 0 atom stereocenters. The molecule has 9 heteroatoms. The van der Waals surface area contributed by atoms with Crippen molar-refractivity contribution in [1.82, 2.24) is 4.90 Å². The average molecular weight is 474 g/mol. The van der Waals surface area contributed by atoms with Crippen molar-refractivity contribution < 1.29 is 23.8 Å². The van der Waals surface area contributed by atoms with Crippen molar-refractivity contribution in [3.8, 4) is 17.2 Å². The van der Waals surface area contributed by atoms with Gasteiger partial charge in [-0.1, -0.05) is 11.6 Å². The molecule has 1 saturated heterocycles. The Morgan fingerprint density at radius 3 is 2.58 bits per heavy atom. The number of aromatic hydroxyl groups is 1. The number of ether oxygens (including phenoxy) is 2. The van der Waals surface area contributed by atoms with E-state index in [1.165, 1.54) is 12.1 Å². The molecule has 0 unspecified atom stereocenters. The molecule has 4 rings (SSSR count). The minimum Gasteiger partial charge on any atom is -0.507 e. The highest BCUT2D eigenvalue weighted by Crippen LogP contribution is 2.41. The monoisotopic (exact) mass is 473 g/mol. The lowest BCUT2D eigenvalue weighted by atomic mass is 10.0. The van der Waals surface area contributed by atoms with Gasteiger partial charge in [0.25, 0.3) is 0 Å². The minimum atomic E-state index is -0.500. The van der Waals surface area contributed by atoms with Crippen LogP contribution in [-0.2, 0) is 4.79 Å². The number of carbonyl (C=O) groups excluding carboxylic acids is 1. The van der Waals surface area contributed by atoms with E-state index in [-0.39, 0.29) is 29.3 Å². The normalized spacial score (nSPS) is 14.9. The van der Waals surface area contributed by atoms with Gasteiger partial charge in [0.2, 0.25) is 5.91 Å². The fraction of sp³-hybridized carbons (Fsp3) is 0.292. The van der Waals surface area contributed by atoms with Crippen LogP contribution in [0.2, 0.25) is 5.02 Å². The number of piperidine rings is 1. The predicted molar refractivity (Wildman–Crippen MR) is 126 cm³/mol. The molecule has 3 aromatic rings. The molecule has 0 bridgehead atoms. The number of amides is 1. The topological polar surface area (TPSA) is 97.1 Å². The third kappa shape index (κ3) is 5.23. The van der Waals surface area contributed by atoms with E-state index < -0.39 is 5.82 Å². The Bertz CT molecular complexity index is 1180. The number of phenolic OH excluding ortho intramolecular Hbond substituents is 1. The van der Waals surface area contributed by atoms with Crippen LogP contribution in [0.25, 0.3) is 10.8 Å². The standard InChI is InChI=1S/C24H25ClFN3O4/c1-32-22-12-17-16(11-23(22)33-15-6-8-29(9-7-15)13-24(27)31)20(4-5-21(17)30)28-14-2-3-19(26)18(25)10-14/h2-5,10-12,15,28,30H,6-9,13H2,1H3,(H2,27,31). The van der Waals surface area contributed by atoms with Gasteiger partial charge in [-0.2, -0.15) is 0 Å². The van der Waals surface area contributed by atoms with Crippen LogP contribution in [0, 0.1) is 5.82 Å². The lowest BCUT2D eigenvalue weighted by molar-refractivity contribution is -0.119. The van der Waals surface area contributed by atoms with E-state index >= 15 is 0 Å². The largest absolute Gasteiger partial charge is 0.507 e. The number of nitrogens with two attached hydrogens (primary N) is 1. The van der Waals surface area contributed by atoms with Crippen molar-refractivity contribution in [2.75, 3.05) is 32.1 Å². The number of benzene rings is 3. The number of rotatable bonds is 7. The first-order valence-electron chi connectivity index (χ1n) is 10.6. The molecular weight excluding hydrogens is 449 g/mol. The Labute approximate surface area is 195 Å². The number of halogens is 2. The van der Waals surface area contributed by atoms with E-state index in [1.807, 2.05) is 11.0 Å². The van der Waals surface area contributed by atoms with Crippen molar-refractivity contribution in [3.05, 3.63) is 53.3 Å². The number of anilines is 2. The zero-order valence-corrected chi connectivity index (χ0v) is 18.9. The Hall–Kier alpha value is -3.23. The van der Waals surface area contributed by atoms with Gasteiger partial charge in [-0.3, -0.25) is 9.69 Å². The number of nitrogens with zero attached hydrogens (tertiary/aromatic N) is 1. The van der Waals surface area contributed by atoms with Gasteiger partial charge in [0.1, 0.15) is 17.7 Å². The first-order valence-corrected chi connectivity index (χ1v) is 10.9. The summed E-state index contributed by atoms with van der Waals surface area (Å²) in [6.07, 6.45) is 1.44. The number of phenols is 1. The third-order valence-electron chi connectivity index (χ3n) is 5.68. The Morgan fingerprint density at radius 2 is 1.91 bits per heavy atom. The summed E-state index contributed by atoms with van der Waals surface area (Å²) < 4.78 is 25.3. The van der Waals surface area contributed by atoms with E-state index in [4.69, 9.17) is 26.8 Å². The number of likely N-dealkylation sites (tertiary alicyclic amines) is 1. The molecule has 0 aliphatic carbocycles.